The van der Waals surface area contributed by atoms with Gasteiger partial charge in [0.25, 0.3) is 0 Å². The molecule has 0 aliphatic carbocycles. The summed E-state index contributed by atoms with van der Waals surface area (Å²) in [4.78, 5) is 11.2. The highest BCUT2D eigenvalue weighted by molar-refractivity contribution is 6.30. The lowest BCUT2D eigenvalue weighted by atomic mass is 10.3. The molecule has 0 heterocycles. The van der Waals surface area contributed by atoms with Gasteiger partial charge in [0.05, 0.1) is 5.88 Å². The minimum absolute atomic E-state index is 0.0130. The molecule has 0 saturated heterocycles. The number of nitrogens with one attached hydrogen (secondary N) is 1. The van der Waals surface area contributed by atoms with Gasteiger partial charge in [-0.3, -0.25) is 5.32 Å². The molecule has 6 heteroatoms. The van der Waals surface area contributed by atoms with E-state index < -0.39 is 6.09 Å². The van der Waals surface area contributed by atoms with E-state index in [1.54, 1.807) is 24.3 Å². The Balaban J connectivity index is 0.000000690. The van der Waals surface area contributed by atoms with Gasteiger partial charge in [-0.1, -0.05) is 29.5 Å². The number of carbonyl (C=O) groups excluding carboxylic acids is 1. The molecule has 0 aliphatic heterocycles. The molecule has 1 aromatic rings. The Morgan fingerprint density at radius 1 is 1.29 bits per heavy atom. The van der Waals surface area contributed by atoms with Crippen LogP contribution in [0, 0.1) is 11.8 Å². The number of anilines is 1. The second kappa shape index (κ2) is 13.6. The SMILES string of the molecule is CCOCC.O=C(Nc1cccc(Cl)c1)OCC#CCCl. The third kappa shape index (κ3) is 12.1. The van der Waals surface area contributed by atoms with Gasteiger partial charge in [0, 0.05) is 23.9 Å². The first-order chi connectivity index (χ1) is 10.1. The summed E-state index contributed by atoms with van der Waals surface area (Å²) in [5.74, 6) is 5.36. The molecule has 0 fully saturated rings. The maximum atomic E-state index is 11.2. The fourth-order valence-corrected chi connectivity index (χ4v) is 1.41. The molecule has 21 heavy (non-hydrogen) atoms. The van der Waals surface area contributed by atoms with Crippen molar-refractivity contribution in [3.05, 3.63) is 29.3 Å². The smallest absolute Gasteiger partial charge is 0.412 e. The van der Waals surface area contributed by atoms with Gasteiger partial charge in [0.2, 0.25) is 0 Å². The van der Waals surface area contributed by atoms with Gasteiger partial charge in [-0.2, -0.15) is 0 Å². The van der Waals surface area contributed by atoms with Crippen LogP contribution in [0.2, 0.25) is 5.02 Å². The molecule has 1 aromatic carbocycles. The maximum absolute atomic E-state index is 11.2. The van der Waals surface area contributed by atoms with Gasteiger partial charge >= 0.3 is 6.09 Å². The van der Waals surface area contributed by atoms with E-state index in [9.17, 15) is 4.79 Å². The average molecular weight is 332 g/mol. The zero-order valence-corrected chi connectivity index (χ0v) is 13.6. The quantitative estimate of drug-likeness (QED) is 0.665. The minimum Gasteiger partial charge on any atom is -0.436 e. The first kappa shape index (κ1) is 19.6. The predicted molar refractivity (Wildman–Crippen MR) is 87.1 cm³/mol. The number of amides is 1. The molecule has 0 aromatic heterocycles. The molecule has 0 unspecified atom stereocenters. The monoisotopic (exact) mass is 331 g/mol. The number of ether oxygens (including phenoxy) is 2. The Morgan fingerprint density at radius 2 is 2.00 bits per heavy atom. The fourth-order valence-electron chi connectivity index (χ4n) is 1.12. The van der Waals surface area contributed by atoms with Crippen LogP contribution in [0.3, 0.4) is 0 Å². The van der Waals surface area contributed by atoms with Crippen LogP contribution in [0.15, 0.2) is 24.3 Å². The molecule has 1 amide bonds. The van der Waals surface area contributed by atoms with Gasteiger partial charge in [-0.05, 0) is 32.0 Å². The van der Waals surface area contributed by atoms with E-state index in [0.717, 1.165) is 13.2 Å². The summed E-state index contributed by atoms with van der Waals surface area (Å²) < 4.78 is 9.60. The summed E-state index contributed by atoms with van der Waals surface area (Å²) in [5.41, 5.74) is 0.572. The van der Waals surface area contributed by atoms with Gasteiger partial charge in [0.1, 0.15) is 0 Å². The van der Waals surface area contributed by atoms with Crippen molar-refractivity contribution >= 4 is 35.0 Å². The summed E-state index contributed by atoms with van der Waals surface area (Å²) in [6.07, 6.45) is -0.578. The Kier molecular flexibility index (Phi) is 12.7. The number of rotatable bonds is 4. The van der Waals surface area contributed by atoms with Crippen LogP contribution in [-0.2, 0) is 9.47 Å². The summed E-state index contributed by atoms with van der Waals surface area (Å²) in [6, 6.07) is 6.76. The van der Waals surface area contributed by atoms with Gasteiger partial charge in [-0.15, -0.1) is 11.6 Å². The zero-order valence-electron chi connectivity index (χ0n) is 12.1. The normalized spacial score (nSPS) is 8.76. The van der Waals surface area contributed by atoms with Gasteiger partial charge < -0.3 is 9.47 Å². The highest BCUT2D eigenvalue weighted by Crippen LogP contribution is 2.14. The molecule has 4 nitrogen and oxygen atoms in total. The van der Waals surface area contributed by atoms with E-state index in [1.165, 1.54) is 0 Å². The molecule has 1 N–H and O–H groups in total. The molecule has 1 rings (SSSR count). The fraction of sp³-hybridized carbons (Fsp3) is 0.400. The lowest BCUT2D eigenvalue weighted by Crippen LogP contribution is -2.13. The Labute approximate surface area is 135 Å². The van der Waals surface area contributed by atoms with Gasteiger partial charge in [-0.25, -0.2) is 4.79 Å². The van der Waals surface area contributed by atoms with Crippen LogP contribution in [0.25, 0.3) is 0 Å². The summed E-state index contributed by atoms with van der Waals surface area (Å²) in [6.45, 7) is 5.68. The number of carbonyl (C=O) groups is 1. The third-order valence-corrected chi connectivity index (χ3v) is 2.32. The van der Waals surface area contributed by atoms with Crippen molar-refractivity contribution in [3.8, 4) is 11.8 Å². The highest BCUT2D eigenvalue weighted by atomic mass is 35.5. The first-order valence-corrected chi connectivity index (χ1v) is 7.34. The van der Waals surface area contributed by atoms with E-state index in [-0.39, 0.29) is 12.5 Å². The second-order valence-corrected chi connectivity index (χ2v) is 4.18. The van der Waals surface area contributed by atoms with E-state index in [2.05, 4.69) is 17.2 Å². The summed E-state index contributed by atoms with van der Waals surface area (Å²) in [7, 11) is 0. The zero-order chi connectivity index (χ0) is 15.9. The molecule has 0 saturated carbocycles. The summed E-state index contributed by atoms with van der Waals surface area (Å²) in [5, 5.41) is 3.05. The lowest BCUT2D eigenvalue weighted by Gasteiger charge is -2.04. The van der Waals surface area contributed by atoms with E-state index >= 15 is 0 Å². The van der Waals surface area contributed by atoms with E-state index in [4.69, 9.17) is 32.7 Å². The maximum Gasteiger partial charge on any atom is 0.412 e. The summed E-state index contributed by atoms with van der Waals surface area (Å²) >= 11 is 11.1. The molecule has 0 bridgehead atoms. The molecule has 0 aliphatic rings. The predicted octanol–water partition coefficient (Wildman–Crippen LogP) is 4.17. The third-order valence-electron chi connectivity index (χ3n) is 1.95. The molecule has 116 valence electrons. The van der Waals surface area contributed by atoms with Crippen molar-refractivity contribution in [2.45, 2.75) is 13.8 Å². The van der Waals surface area contributed by atoms with E-state index in [0.29, 0.717) is 10.7 Å². The van der Waals surface area contributed by atoms with Crippen LogP contribution >= 0.6 is 23.2 Å². The Morgan fingerprint density at radius 3 is 2.52 bits per heavy atom. The molecular formula is C15H19Cl2NO3. The molecule has 0 atom stereocenters. The van der Waals surface area contributed by atoms with Crippen LogP contribution in [0.4, 0.5) is 10.5 Å². The average Bonchev–Trinajstić information content (AvgIpc) is 2.45. The topological polar surface area (TPSA) is 47.6 Å². The molecule has 0 radical (unpaired) electrons. The number of halogens is 2. The van der Waals surface area contributed by atoms with Crippen LogP contribution in [0.1, 0.15) is 13.8 Å². The van der Waals surface area contributed by atoms with Gasteiger partial charge in [0.15, 0.2) is 6.61 Å². The highest BCUT2D eigenvalue weighted by Gasteiger charge is 2.01. The largest absolute Gasteiger partial charge is 0.436 e. The first-order valence-electron chi connectivity index (χ1n) is 6.42. The van der Waals surface area contributed by atoms with Crippen molar-refractivity contribution in [1.29, 1.82) is 0 Å². The van der Waals surface area contributed by atoms with Crippen molar-refractivity contribution < 1.29 is 14.3 Å². The standard InChI is InChI=1S/C11H9Cl2NO2.C4H10O/c12-6-1-2-7-16-11(15)14-10-5-3-4-9(13)8-10;1-3-5-4-2/h3-5,8H,6-7H2,(H,14,15);3-4H2,1-2H3. The number of benzene rings is 1. The Bertz CT molecular complexity index is 467. The number of hydrogen-bond acceptors (Lipinski definition) is 3. The minimum atomic E-state index is -0.578. The number of hydrogen-bond donors (Lipinski definition) is 1. The van der Waals surface area contributed by atoms with Crippen molar-refractivity contribution in [1.82, 2.24) is 0 Å². The molecule has 0 spiro atoms. The van der Waals surface area contributed by atoms with E-state index in [1.807, 2.05) is 13.8 Å². The van der Waals surface area contributed by atoms with Crippen LogP contribution < -0.4 is 5.32 Å². The van der Waals surface area contributed by atoms with Crippen molar-refractivity contribution in [2.75, 3.05) is 31.0 Å². The van der Waals surface area contributed by atoms with Crippen molar-refractivity contribution in [3.63, 3.8) is 0 Å². The molecular weight excluding hydrogens is 313 g/mol. The van der Waals surface area contributed by atoms with Crippen LogP contribution in [0.5, 0.6) is 0 Å². The van der Waals surface area contributed by atoms with Crippen LogP contribution in [-0.4, -0.2) is 31.8 Å². The lowest BCUT2D eigenvalue weighted by molar-refractivity contribution is 0.162. The Hall–Kier alpha value is -1.41. The second-order valence-electron chi connectivity index (χ2n) is 3.48. The van der Waals surface area contributed by atoms with Crippen molar-refractivity contribution in [2.24, 2.45) is 0 Å². The number of alkyl halides is 1.